The van der Waals surface area contributed by atoms with Crippen molar-refractivity contribution in [2.75, 3.05) is 5.32 Å². The fourth-order valence-electron chi connectivity index (χ4n) is 3.17. The van der Waals surface area contributed by atoms with Gasteiger partial charge in [-0.2, -0.15) is 10.2 Å². The number of rotatable bonds is 7. The molecule has 0 spiro atoms. The van der Waals surface area contributed by atoms with Gasteiger partial charge in [0.05, 0.1) is 22.4 Å². The van der Waals surface area contributed by atoms with Crippen LogP contribution in [0.2, 0.25) is 5.02 Å². The Labute approximate surface area is 199 Å². The van der Waals surface area contributed by atoms with Crippen molar-refractivity contribution in [1.29, 1.82) is 0 Å². The maximum atomic E-state index is 12.6. The summed E-state index contributed by atoms with van der Waals surface area (Å²) in [4.78, 5) is 12.6. The molecule has 0 aliphatic rings. The smallest absolute Gasteiger partial charge is 0.276 e. The molecular formula is C23H21BrClN5O2. The van der Waals surface area contributed by atoms with Crippen molar-refractivity contribution in [3.05, 3.63) is 92.9 Å². The van der Waals surface area contributed by atoms with Crippen LogP contribution in [0.5, 0.6) is 5.75 Å². The van der Waals surface area contributed by atoms with Gasteiger partial charge in [0.25, 0.3) is 5.91 Å². The molecule has 7 nitrogen and oxygen atoms in total. The van der Waals surface area contributed by atoms with Crippen molar-refractivity contribution in [1.82, 2.24) is 19.6 Å². The Morgan fingerprint density at radius 3 is 2.62 bits per heavy atom. The number of ether oxygens (including phenoxy) is 1. The monoisotopic (exact) mass is 513 g/mol. The van der Waals surface area contributed by atoms with Crippen LogP contribution in [0.1, 0.15) is 27.4 Å². The van der Waals surface area contributed by atoms with Crippen LogP contribution in [-0.2, 0) is 13.3 Å². The lowest BCUT2D eigenvalue weighted by molar-refractivity contribution is 0.102. The van der Waals surface area contributed by atoms with E-state index in [0.717, 1.165) is 21.4 Å². The minimum absolute atomic E-state index is 0.183. The molecule has 2 aromatic carbocycles. The molecule has 4 aromatic rings. The highest BCUT2D eigenvalue weighted by atomic mass is 79.9. The standard InChI is InChI=1S/C23H21BrClN5O2/c1-15-22(24)16(2)30(27-15)13-17-4-3-5-19(12-17)26-23(31)21-10-11-29(28-21)14-32-20-8-6-18(25)7-9-20/h3-12H,13-14H2,1-2H3,(H,26,31). The molecule has 1 amide bonds. The molecule has 0 saturated heterocycles. The molecule has 0 saturated carbocycles. The molecule has 1 N–H and O–H groups in total. The van der Waals surface area contributed by atoms with Crippen LogP contribution in [0.4, 0.5) is 5.69 Å². The van der Waals surface area contributed by atoms with Crippen LogP contribution in [-0.4, -0.2) is 25.5 Å². The largest absolute Gasteiger partial charge is 0.471 e. The molecule has 32 heavy (non-hydrogen) atoms. The van der Waals surface area contributed by atoms with E-state index in [2.05, 4.69) is 31.4 Å². The average Bonchev–Trinajstić information content (AvgIpc) is 3.35. The summed E-state index contributed by atoms with van der Waals surface area (Å²) in [5.74, 6) is 0.378. The third kappa shape index (κ3) is 5.20. The third-order valence-electron chi connectivity index (χ3n) is 4.86. The Hall–Kier alpha value is -3.10. The average molecular weight is 515 g/mol. The molecule has 0 unspecified atom stereocenters. The maximum absolute atomic E-state index is 12.6. The normalized spacial score (nSPS) is 10.9. The molecule has 0 bridgehead atoms. The topological polar surface area (TPSA) is 74.0 Å². The Kier molecular flexibility index (Phi) is 6.62. The minimum Gasteiger partial charge on any atom is -0.471 e. The fourth-order valence-corrected chi connectivity index (χ4v) is 3.58. The zero-order valence-corrected chi connectivity index (χ0v) is 19.9. The first-order valence-corrected chi connectivity index (χ1v) is 11.1. The number of amides is 1. The van der Waals surface area contributed by atoms with E-state index in [9.17, 15) is 4.79 Å². The number of nitrogens with one attached hydrogen (secondary N) is 1. The number of anilines is 1. The van der Waals surface area contributed by atoms with Crippen molar-refractivity contribution < 1.29 is 9.53 Å². The van der Waals surface area contributed by atoms with Crippen LogP contribution in [0.25, 0.3) is 0 Å². The van der Waals surface area contributed by atoms with Gasteiger partial charge in [0.1, 0.15) is 5.75 Å². The molecule has 0 aliphatic carbocycles. The van der Waals surface area contributed by atoms with Crippen molar-refractivity contribution in [3.63, 3.8) is 0 Å². The van der Waals surface area contributed by atoms with Gasteiger partial charge in [-0.15, -0.1) is 0 Å². The summed E-state index contributed by atoms with van der Waals surface area (Å²) >= 11 is 9.43. The number of carbonyl (C=O) groups is 1. The lowest BCUT2D eigenvalue weighted by Crippen LogP contribution is -2.14. The number of nitrogens with zero attached hydrogens (tertiary/aromatic N) is 4. The van der Waals surface area contributed by atoms with E-state index >= 15 is 0 Å². The lowest BCUT2D eigenvalue weighted by atomic mass is 10.2. The van der Waals surface area contributed by atoms with E-state index in [-0.39, 0.29) is 12.6 Å². The summed E-state index contributed by atoms with van der Waals surface area (Å²) in [6, 6.07) is 16.4. The van der Waals surface area contributed by atoms with E-state index in [1.54, 1.807) is 41.2 Å². The number of benzene rings is 2. The molecule has 2 aromatic heterocycles. The Morgan fingerprint density at radius 1 is 1.12 bits per heavy atom. The summed E-state index contributed by atoms with van der Waals surface area (Å²) in [5, 5.41) is 12.4. The lowest BCUT2D eigenvalue weighted by Gasteiger charge is -2.08. The van der Waals surface area contributed by atoms with Gasteiger partial charge in [-0.3, -0.25) is 9.48 Å². The van der Waals surface area contributed by atoms with Gasteiger partial charge in [-0.1, -0.05) is 23.7 Å². The highest BCUT2D eigenvalue weighted by Crippen LogP contribution is 2.21. The van der Waals surface area contributed by atoms with Gasteiger partial charge in [0.15, 0.2) is 12.4 Å². The molecule has 0 radical (unpaired) electrons. The molecule has 0 fully saturated rings. The maximum Gasteiger partial charge on any atom is 0.276 e. The van der Waals surface area contributed by atoms with Crippen LogP contribution >= 0.6 is 27.5 Å². The number of halogens is 2. The van der Waals surface area contributed by atoms with Gasteiger partial charge >= 0.3 is 0 Å². The Balaban J connectivity index is 1.38. The van der Waals surface area contributed by atoms with Gasteiger partial charge < -0.3 is 10.1 Å². The van der Waals surface area contributed by atoms with E-state index in [1.165, 1.54) is 0 Å². The Bertz CT molecular complexity index is 1250. The first-order valence-electron chi connectivity index (χ1n) is 9.90. The van der Waals surface area contributed by atoms with Crippen molar-refractivity contribution in [2.24, 2.45) is 0 Å². The minimum atomic E-state index is -0.291. The molecule has 4 rings (SSSR count). The van der Waals surface area contributed by atoms with Crippen LogP contribution < -0.4 is 10.1 Å². The van der Waals surface area contributed by atoms with Crippen molar-refractivity contribution >= 4 is 39.1 Å². The molecule has 9 heteroatoms. The molecule has 164 valence electrons. The Morgan fingerprint density at radius 2 is 1.91 bits per heavy atom. The molecule has 2 heterocycles. The summed E-state index contributed by atoms with van der Waals surface area (Å²) in [7, 11) is 0. The van der Waals surface area contributed by atoms with Gasteiger partial charge in [-0.05, 0) is 77.8 Å². The predicted molar refractivity (Wildman–Crippen MR) is 127 cm³/mol. The van der Waals surface area contributed by atoms with E-state index in [1.807, 2.05) is 42.8 Å². The summed E-state index contributed by atoms with van der Waals surface area (Å²) < 4.78 is 10.2. The van der Waals surface area contributed by atoms with E-state index in [0.29, 0.717) is 28.7 Å². The second kappa shape index (κ2) is 9.58. The fraction of sp³-hybridized carbons (Fsp3) is 0.174. The number of aromatic nitrogens is 4. The molecular weight excluding hydrogens is 494 g/mol. The highest BCUT2D eigenvalue weighted by Gasteiger charge is 2.12. The molecule has 0 atom stereocenters. The summed E-state index contributed by atoms with van der Waals surface area (Å²) in [6.07, 6.45) is 1.70. The van der Waals surface area contributed by atoms with Crippen LogP contribution in [0.15, 0.2) is 65.3 Å². The van der Waals surface area contributed by atoms with Gasteiger partial charge in [-0.25, -0.2) is 4.68 Å². The number of hydrogen-bond donors (Lipinski definition) is 1. The predicted octanol–water partition coefficient (Wildman–Crippen LogP) is 5.45. The summed E-state index contributed by atoms with van der Waals surface area (Å²) in [6.45, 7) is 4.77. The number of aryl methyl sites for hydroxylation is 1. The number of hydrogen-bond acceptors (Lipinski definition) is 4. The zero-order chi connectivity index (χ0) is 22.7. The van der Waals surface area contributed by atoms with Crippen LogP contribution in [0.3, 0.4) is 0 Å². The highest BCUT2D eigenvalue weighted by molar-refractivity contribution is 9.10. The van der Waals surface area contributed by atoms with Crippen molar-refractivity contribution in [2.45, 2.75) is 27.1 Å². The summed E-state index contributed by atoms with van der Waals surface area (Å²) in [5.41, 5.74) is 4.03. The zero-order valence-electron chi connectivity index (χ0n) is 17.5. The first-order chi connectivity index (χ1) is 15.4. The van der Waals surface area contributed by atoms with E-state index < -0.39 is 0 Å². The quantitative estimate of drug-likeness (QED) is 0.356. The van der Waals surface area contributed by atoms with Gasteiger partial charge in [0.2, 0.25) is 0 Å². The SMILES string of the molecule is Cc1nn(Cc2cccc(NC(=O)c3ccn(COc4ccc(Cl)cc4)n3)c2)c(C)c1Br. The number of carbonyl (C=O) groups excluding carboxylic acids is 1. The third-order valence-corrected chi connectivity index (χ3v) is 6.26. The second-order valence-electron chi connectivity index (χ2n) is 7.26. The first kappa shape index (κ1) is 22.1. The van der Waals surface area contributed by atoms with Gasteiger partial charge in [0, 0.05) is 16.9 Å². The van der Waals surface area contributed by atoms with Crippen molar-refractivity contribution in [3.8, 4) is 5.75 Å². The van der Waals surface area contributed by atoms with E-state index in [4.69, 9.17) is 16.3 Å². The van der Waals surface area contributed by atoms with Crippen LogP contribution in [0, 0.1) is 13.8 Å². The second-order valence-corrected chi connectivity index (χ2v) is 8.49. The molecule has 0 aliphatic heterocycles.